The molecule has 2 aromatic rings. The minimum atomic E-state index is -0.331. The van der Waals surface area contributed by atoms with Gasteiger partial charge in [0.2, 0.25) is 0 Å². The van der Waals surface area contributed by atoms with Gasteiger partial charge in [-0.25, -0.2) is 0 Å². The van der Waals surface area contributed by atoms with Crippen molar-refractivity contribution in [1.29, 1.82) is 0 Å². The fraction of sp³-hybridized carbons (Fsp3) is 0.235. The molecule has 0 aliphatic carbocycles. The quantitative estimate of drug-likeness (QED) is 0.868. The van der Waals surface area contributed by atoms with Crippen LogP contribution in [-0.2, 0) is 9.53 Å². The van der Waals surface area contributed by atoms with Crippen LogP contribution < -0.4 is 4.74 Å². The lowest BCUT2D eigenvalue weighted by Crippen LogP contribution is -2.34. The van der Waals surface area contributed by atoms with Gasteiger partial charge in [0.15, 0.2) is 12.8 Å². The number of carbonyl (C=O) groups is 1. The molecule has 1 fully saturated rings. The van der Waals surface area contributed by atoms with Gasteiger partial charge in [0.25, 0.3) is 5.91 Å². The maximum atomic E-state index is 12.4. The smallest absolute Gasteiger partial charge is 0.262 e. The van der Waals surface area contributed by atoms with Gasteiger partial charge in [-0.05, 0) is 24.3 Å². The van der Waals surface area contributed by atoms with E-state index < -0.39 is 0 Å². The number of nitrogens with zero attached hydrogens (tertiary/aromatic N) is 1. The summed E-state index contributed by atoms with van der Waals surface area (Å²) < 4.78 is 11.2. The summed E-state index contributed by atoms with van der Waals surface area (Å²) >= 11 is 5.82. The van der Waals surface area contributed by atoms with Crippen molar-refractivity contribution in [2.75, 3.05) is 19.8 Å². The second-order valence-corrected chi connectivity index (χ2v) is 5.40. The van der Waals surface area contributed by atoms with Crippen molar-refractivity contribution in [3.8, 4) is 5.75 Å². The predicted molar refractivity (Wildman–Crippen MR) is 83.8 cm³/mol. The summed E-state index contributed by atoms with van der Waals surface area (Å²) in [6.45, 7) is 1.09. The molecule has 114 valence electrons. The number of hydrogen-bond donors (Lipinski definition) is 0. The summed E-state index contributed by atoms with van der Waals surface area (Å²) in [6, 6.07) is 16.7. The van der Waals surface area contributed by atoms with Gasteiger partial charge in [-0.2, -0.15) is 0 Å². The Hall–Kier alpha value is -2.04. The van der Waals surface area contributed by atoms with E-state index in [0.29, 0.717) is 23.9 Å². The average Bonchev–Trinajstić information content (AvgIpc) is 3.04. The zero-order chi connectivity index (χ0) is 15.4. The molecule has 0 aromatic heterocycles. The molecule has 22 heavy (non-hydrogen) atoms. The highest BCUT2D eigenvalue weighted by atomic mass is 35.5. The molecule has 1 aliphatic heterocycles. The molecule has 0 spiro atoms. The lowest BCUT2D eigenvalue weighted by molar-refractivity contribution is -0.138. The molecule has 0 N–H and O–H groups in total. The number of ether oxygens (including phenoxy) is 2. The van der Waals surface area contributed by atoms with E-state index >= 15 is 0 Å². The first kappa shape index (κ1) is 14.9. The van der Waals surface area contributed by atoms with Gasteiger partial charge in [-0.15, -0.1) is 0 Å². The van der Waals surface area contributed by atoms with Gasteiger partial charge >= 0.3 is 0 Å². The molecule has 4 nitrogen and oxygen atoms in total. The molecule has 5 heteroatoms. The second kappa shape index (κ2) is 6.81. The summed E-state index contributed by atoms with van der Waals surface area (Å²) in [7, 11) is 0. The molecular formula is C17H16ClNO3. The minimum absolute atomic E-state index is 0.0195. The van der Waals surface area contributed by atoms with E-state index in [1.807, 2.05) is 30.3 Å². The Kier molecular flexibility index (Phi) is 4.61. The second-order valence-electron chi connectivity index (χ2n) is 4.96. The maximum Gasteiger partial charge on any atom is 0.262 e. The van der Waals surface area contributed by atoms with Crippen LogP contribution >= 0.6 is 11.6 Å². The van der Waals surface area contributed by atoms with Crippen LogP contribution in [0.5, 0.6) is 5.75 Å². The lowest BCUT2D eigenvalue weighted by Gasteiger charge is -2.23. The van der Waals surface area contributed by atoms with Crippen LogP contribution in [0.25, 0.3) is 0 Å². The van der Waals surface area contributed by atoms with Crippen molar-refractivity contribution in [3.63, 3.8) is 0 Å². The van der Waals surface area contributed by atoms with Gasteiger partial charge in [0.05, 0.1) is 6.61 Å². The Morgan fingerprint density at radius 1 is 1.18 bits per heavy atom. The topological polar surface area (TPSA) is 38.8 Å². The van der Waals surface area contributed by atoms with Gasteiger partial charge in [-0.1, -0.05) is 41.9 Å². The zero-order valence-corrected chi connectivity index (χ0v) is 12.7. The van der Waals surface area contributed by atoms with Crippen molar-refractivity contribution in [3.05, 3.63) is 65.2 Å². The van der Waals surface area contributed by atoms with E-state index in [9.17, 15) is 4.79 Å². The molecule has 1 atom stereocenters. The third-order valence-corrected chi connectivity index (χ3v) is 3.72. The molecule has 2 aromatic carbocycles. The van der Waals surface area contributed by atoms with Crippen LogP contribution in [-0.4, -0.2) is 30.6 Å². The normalized spacial score (nSPS) is 17.5. The Balaban J connectivity index is 1.62. The van der Waals surface area contributed by atoms with E-state index in [2.05, 4.69) is 0 Å². The summed E-state index contributed by atoms with van der Waals surface area (Å²) in [5.41, 5.74) is 0.972. The number of carbonyl (C=O) groups excluding carboxylic acids is 1. The van der Waals surface area contributed by atoms with Crippen LogP contribution in [0.3, 0.4) is 0 Å². The Morgan fingerprint density at radius 3 is 2.64 bits per heavy atom. The first-order valence-electron chi connectivity index (χ1n) is 7.08. The number of rotatable bonds is 4. The standard InChI is InChI=1S/C17H16ClNO3/c18-14-6-8-15(9-7-14)22-12-16(20)19-10-11-21-17(19)13-4-2-1-3-5-13/h1-9,17H,10-12H2. The van der Waals surface area contributed by atoms with Crippen molar-refractivity contribution < 1.29 is 14.3 Å². The molecular weight excluding hydrogens is 302 g/mol. The number of hydrogen-bond acceptors (Lipinski definition) is 3. The Bertz CT molecular complexity index is 630. The highest BCUT2D eigenvalue weighted by Gasteiger charge is 2.30. The molecule has 0 saturated carbocycles. The Morgan fingerprint density at radius 2 is 1.91 bits per heavy atom. The summed E-state index contributed by atoms with van der Waals surface area (Å²) in [5, 5.41) is 0.635. The summed E-state index contributed by atoms with van der Waals surface area (Å²) in [4.78, 5) is 14.1. The average molecular weight is 318 g/mol. The molecule has 1 heterocycles. The monoisotopic (exact) mass is 317 g/mol. The minimum Gasteiger partial charge on any atom is -0.484 e. The van der Waals surface area contributed by atoms with Crippen molar-refractivity contribution in [1.82, 2.24) is 4.90 Å². The first-order chi connectivity index (χ1) is 10.7. The molecule has 1 amide bonds. The SMILES string of the molecule is O=C(COc1ccc(Cl)cc1)N1CCOC1c1ccccc1. The Labute approximate surface area is 134 Å². The van der Waals surface area contributed by atoms with Crippen LogP contribution in [0, 0.1) is 0 Å². The number of halogens is 1. The first-order valence-corrected chi connectivity index (χ1v) is 7.46. The predicted octanol–water partition coefficient (Wildman–Crippen LogP) is 3.28. The fourth-order valence-electron chi connectivity index (χ4n) is 2.38. The van der Waals surface area contributed by atoms with Gasteiger partial charge in [0.1, 0.15) is 5.75 Å². The molecule has 1 aliphatic rings. The highest BCUT2D eigenvalue weighted by Crippen LogP contribution is 2.26. The van der Waals surface area contributed by atoms with Crippen molar-refractivity contribution >= 4 is 17.5 Å². The van der Waals surface area contributed by atoms with Crippen molar-refractivity contribution in [2.24, 2.45) is 0 Å². The van der Waals surface area contributed by atoms with Crippen LogP contribution in [0.4, 0.5) is 0 Å². The molecule has 0 bridgehead atoms. The summed E-state index contributed by atoms with van der Waals surface area (Å²) in [6.07, 6.45) is -0.331. The van der Waals surface area contributed by atoms with Gasteiger partial charge < -0.3 is 14.4 Å². The van der Waals surface area contributed by atoms with E-state index in [1.165, 1.54) is 0 Å². The molecule has 1 unspecified atom stereocenters. The van der Waals surface area contributed by atoms with Crippen LogP contribution in [0.2, 0.25) is 5.02 Å². The van der Waals surface area contributed by atoms with Crippen LogP contribution in [0.1, 0.15) is 11.8 Å². The molecule has 0 radical (unpaired) electrons. The van der Waals surface area contributed by atoms with E-state index in [0.717, 1.165) is 5.56 Å². The molecule has 3 rings (SSSR count). The van der Waals surface area contributed by atoms with E-state index in [1.54, 1.807) is 29.2 Å². The third-order valence-electron chi connectivity index (χ3n) is 3.47. The maximum absolute atomic E-state index is 12.4. The summed E-state index contributed by atoms with van der Waals surface area (Å²) in [5.74, 6) is 0.524. The van der Waals surface area contributed by atoms with Gasteiger partial charge in [0, 0.05) is 17.1 Å². The van der Waals surface area contributed by atoms with Crippen molar-refractivity contribution in [2.45, 2.75) is 6.23 Å². The number of benzene rings is 2. The van der Waals surface area contributed by atoms with Crippen LogP contribution in [0.15, 0.2) is 54.6 Å². The highest BCUT2D eigenvalue weighted by molar-refractivity contribution is 6.30. The van der Waals surface area contributed by atoms with Gasteiger partial charge in [-0.3, -0.25) is 4.79 Å². The third kappa shape index (κ3) is 3.40. The number of amides is 1. The zero-order valence-electron chi connectivity index (χ0n) is 11.9. The fourth-order valence-corrected chi connectivity index (χ4v) is 2.50. The van der Waals surface area contributed by atoms with E-state index in [-0.39, 0.29) is 18.7 Å². The lowest BCUT2D eigenvalue weighted by atomic mass is 10.2. The molecule has 1 saturated heterocycles. The largest absolute Gasteiger partial charge is 0.484 e. The van der Waals surface area contributed by atoms with E-state index in [4.69, 9.17) is 21.1 Å².